The lowest BCUT2D eigenvalue weighted by Crippen LogP contribution is -2.42. The SMILES string of the molecule is C=CC(C1CCCN(CC)C1)S(=O)(=O)c1ccc2nc(NC(=O)NC(=O)c3ccccc3Cl)sc2c1. The number of hydrogen-bond donors (Lipinski definition) is 2. The number of thiazole rings is 1. The predicted molar refractivity (Wildman–Crippen MR) is 144 cm³/mol. The van der Waals surface area contributed by atoms with E-state index in [1.807, 2.05) is 0 Å². The highest BCUT2D eigenvalue weighted by Gasteiger charge is 2.35. The summed E-state index contributed by atoms with van der Waals surface area (Å²) in [4.78, 5) is 31.4. The van der Waals surface area contributed by atoms with Crippen LogP contribution in [0.25, 0.3) is 10.2 Å². The summed E-state index contributed by atoms with van der Waals surface area (Å²) in [5, 5.41) is 4.52. The first-order valence-corrected chi connectivity index (χ1v) is 14.3. The van der Waals surface area contributed by atoms with Gasteiger partial charge in [-0.25, -0.2) is 18.2 Å². The first kappa shape index (κ1) is 26.3. The fraction of sp³-hybridized carbons (Fsp3) is 0.320. The summed E-state index contributed by atoms with van der Waals surface area (Å²) in [6.07, 6.45) is 3.34. The molecule has 1 aromatic heterocycles. The second kappa shape index (κ2) is 11.1. The maximum absolute atomic E-state index is 13.5. The zero-order valence-corrected chi connectivity index (χ0v) is 22.1. The molecule has 11 heteroatoms. The van der Waals surface area contributed by atoms with Crippen molar-refractivity contribution in [1.29, 1.82) is 0 Å². The van der Waals surface area contributed by atoms with E-state index < -0.39 is 27.0 Å². The van der Waals surface area contributed by atoms with E-state index in [9.17, 15) is 18.0 Å². The molecule has 1 aliphatic heterocycles. The number of nitrogens with zero attached hydrogens (tertiary/aromatic N) is 2. The van der Waals surface area contributed by atoms with Gasteiger partial charge in [-0.2, -0.15) is 0 Å². The van der Waals surface area contributed by atoms with Crippen LogP contribution in [-0.2, 0) is 9.84 Å². The number of anilines is 1. The summed E-state index contributed by atoms with van der Waals surface area (Å²) in [7, 11) is -3.66. The van der Waals surface area contributed by atoms with Gasteiger partial charge in [0.1, 0.15) is 0 Å². The van der Waals surface area contributed by atoms with E-state index >= 15 is 0 Å². The van der Waals surface area contributed by atoms with Crippen molar-refractivity contribution in [1.82, 2.24) is 15.2 Å². The van der Waals surface area contributed by atoms with Crippen LogP contribution in [0.3, 0.4) is 0 Å². The second-order valence-electron chi connectivity index (χ2n) is 8.58. The molecule has 0 aliphatic carbocycles. The molecule has 36 heavy (non-hydrogen) atoms. The van der Waals surface area contributed by atoms with Crippen molar-refractivity contribution < 1.29 is 18.0 Å². The van der Waals surface area contributed by atoms with Gasteiger partial charge in [-0.1, -0.05) is 48.1 Å². The molecule has 0 radical (unpaired) electrons. The van der Waals surface area contributed by atoms with Crippen LogP contribution in [0.5, 0.6) is 0 Å². The number of aromatic nitrogens is 1. The van der Waals surface area contributed by atoms with Crippen molar-refractivity contribution >= 4 is 60.1 Å². The molecular weight excluding hydrogens is 520 g/mol. The Morgan fingerprint density at radius 1 is 1.31 bits per heavy atom. The number of nitrogens with one attached hydrogen (secondary N) is 2. The van der Waals surface area contributed by atoms with Crippen LogP contribution in [0.2, 0.25) is 5.02 Å². The number of imide groups is 1. The third-order valence-corrected chi connectivity index (χ3v) is 9.77. The average molecular weight is 547 g/mol. The van der Waals surface area contributed by atoms with Crippen LogP contribution in [0.1, 0.15) is 30.1 Å². The maximum atomic E-state index is 13.5. The van der Waals surface area contributed by atoms with Crippen LogP contribution in [0.4, 0.5) is 9.93 Å². The number of amides is 3. The number of sulfone groups is 1. The molecule has 1 saturated heterocycles. The zero-order chi connectivity index (χ0) is 25.9. The minimum atomic E-state index is -3.66. The van der Waals surface area contributed by atoms with E-state index in [-0.39, 0.29) is 26.5 Å². The Hall–Kier alpha value is -2.79. The van der Waals surface area contributed by atoms with Crippen molar-refractivity contribution in [2.75, 3.05) is 25.0 Å². The Bertz CT molecular complexity index is 1410. The normalized spacial score (nSPS) is 17.4. The van der Waals surface area contributed by atoms with E-state index in [0.29, 0.717) is 10.2 Å². The Balaban J connectivity index is 1.50. The number of likely N-dealkylation sites (tertiary alicyclic amines) is 1. The van der Waals surface area contributed by atoms with Crippen molar-refractivity contribution in [3.63, 3.8) is 0 Å². The highest BCUT2D eigenvalue weighted by Crippen LogP contribution is 2.33. The molecule has 2 atom stereocenters. The van der Waals surface area contributed by atoms with E-state index in [2.05, 4.69) is 34.0 Å². The lowest BCUT2D eigenvalue weighted by Gasteiger charge is -2.35. The quantitative estimate of drug-likeness (QED) is 0.405. The van der Waals surface area contributed by atoms with Crippen molar-refractivity contribution in [2.24, 2.45) is 5.92 Å². The Kier molecular flexibility index (Phi) is 8.09. The summed E-state index contributed by atoms with van der Waals surface area (Å²) < 4.78 is 27.7. The number of carbonyl (C=O) groups excluding carboxylic acids is 2. The molecule has 0 spiro atoms. The van der Waals surface area contributed by atoms with Gasteiger partial charge in [0.2, 0.25) is 0 Å². The minimum absolute atomic E-state index is 0.0186. The lowest BCUT2D eigenvalue weighted by atomic mass is 9.94. The summed E-state index contributed by atoms with van der Waals surface area (Å²) in [5.41, 5.74) is 0.710. The van der Waals surface area contributed by atoms with Gasteiger partial charge >= 0.3 is 6.03 Å². The van der Waals surface area contributed by atoms with Crippen molar-refractivity contribution in [3.05, 3.63) is 65.7 Å². The third-order valence-electron chi connectivity index (χ3n) is 6.30. The maximum Gasteiger partial charge on any atom is 0.327 e. The van der Waals surface area contributed by atoms with Gasteiger partial charge in [-0.15, -0.1) is 6.58 Å². The Morgan fingerprint density at radius 3 is 2.81 bits per heavy atom. The topological polar surface area (TPSA) is 108 Å². The monoisotopic (exact) mass is 546 g/mol. The van der Waals surface area contributed by atoms with Gasteiger partial charge in [0.25, 0.3) is 5.91 Å². The smallest absolute Gasteiger partial charge is 0.303 e. The highest BCUT2D eigenvalue weighted by atomic mass is 35.5. The van der Waals surface area contributed by atoms with Gasteiger partial charge in [0.05, 0.1) is 30.9 Å². The third kappa shape index (κ3) is 5.62. The molecule has 1 aliphatic rings. The van der Waals surface area contributed by atoms with Crippen LogP contribution in [0, 0.1) is 5.92 Å². The average Bonchev–Trinajstić information content (AvgIpc) is 3.26. The number of piperidine rings is 1. The molecule has 2 unspecified atom stereocenters. The van der Waals surface area contributed by atoms with Gasteiger partial charge in [0, 0.05) is 6.54 Å². The number of carbonyl (C=O) groups is 2. The molecule has 2 N–H and O–H groups in total. The van der Waals surface area contributed by atoms with Crippen LogP contribution < -0.4 is 10.6 Å². The molecule has 0 saturated carbocycles. The molecule has 3 aromatic rings. The van der Waals surface area contributed by atoms with Crippen LogP contribution in [-0.4, -0.2) is 55.1 Å². The standard InChI is InChI=1S/C25H27ClN4O4S2/c1-3-22(16-8-7-13-30(4-2)15-16)36(33,34)17-11-12-20-21(14-17)35-25(27-20)29-24(32)28-23(31)18-9-5-6-10-19(18)26/h3,5-6,9-12,14,16,22H,1,4,7-8,13,15H2,2H3,(H2,27,28,29,31,32). The Labute approximate surface area is 219 Å². The number of halogens is 1. The summed E-state index contributed by atoms with van der Waals surface area (Å²) >= 11 is 7.13. The number of fused-ring (bicyclic) bond motifs is 1. The zero-order valence-electron chi connectivity index (χ0n) is 19.7. The number of hydrogen-bond acceptors (Lipinski definition) is 7. The number of urea groups is 1. The molecule has 1 fully saturated rings. The van der Waals surface area contributed by atoms with Crippen molar-refractivity contribution in [2.45, 2.75) is 29.9 Å². The summed E-state index contributed by atoms with van der Waals surface area (Å²) in [6.45, 7) is 8.51. The second-order valence-corrected chi connectivity index (χ2v) is 12.1. The molecule has 0 bridgehead atoms. The first-order valence-electron chi connectivity index (χ1n) is 11.6. The van der Waals surface area contributed by atoms with Gasteiger partial charge in [0.15, 0.2) is 15.0 Å². The summed E-state index contributed by atoms with van der Waals surface area (Å²) in [5.74, 6) is -0.664. The number of benzene rings is 2. The van der Waals surface area contributed by atoms with Gasteiger partial charge in [-0.3, -0.25) is 15.4 Å². The number of rotatable bonds is 7. The summed E-state index contributed by atoms with van der Waals surface area (Å²) in [6, 6.07) is 10.4. The van der Waals surface area contributed by atoms with E-state index in [1.165, 1.54) is 6.07 Å². The minimum Gasteiger partial charge on any atom is -0.303 e. The fourth-order valence-corrected chi connectivity index (χ4v) is 7.49. The molecule has 2 heterocycles. The van der Waals surface area contributed by atoms with Crippen molar-refractivity contribution in [3.8, 4) is 0 Å². The molecule has 8 nitrogen and oxygen atoms in total. The van der Waals surface area contributed by atoms with Crippen LogP contribution >= 0.6 is 22.9 Å². The molecule has 190 valence electrons. The molecule has 3 amide bonds. The molecule has 4 rings (SSSR count). The highest BCUT2D eigenvalue weighted by molar-refractivity contribution is 7.92. The van der Waals surface area contributed by atoms with E-state index in [4.69, 9.17) is 11.6 Å². The predicted octanol–water partition coefficient (Wildman–Crippen LogP) is 4.97. The van der Waals surface area contributed by atoms with Crippen LogP contribution in [0.15, 0.2) is 60.0 Å². The molecule has 2 aromatic carbocycles. The van der Waals surface area contributed by atoms with Gasteiger partial charge in [-0.05, 0) is 62.2 Å². The molecular formula is C25H27ClN4O4S2. The first-order chi connectivity index (χ1) is 17.2. The fourth-order valence-electron chi connectivity index (χ4n) is 4.46. The largest absolute Gasteiger partial charge is 0.327 e. The Morgan fingerprint density at radius 2 is 2.08 bits per heavy atom. The van der Waals surface area contributed by atoms with E-state index in [0.717, 1.165) is 43.8 Å². The lowest BCUT2D eigenvalue weighted by molar-refractivity contribution is 0.0967. The van der Waals surface area contributed by atoms with Gasteiger partial charge < -0.3 is 4.90 Å². The van der Waals surface area contributed by atoms with E-state index in [1.54, 1.807) is 42.5 Å².